The summed E-state index contributed by atoms with van der Waals surface area (Å²) in [6.45, 7) is 1.91. The minimum Gasteiger partial charge on any atom is -0.493 e. The summed E-state index contributed by atoms with van der Waals surface area (Å²) in [6.07, 6.45) is 1.46. The Labute approximate surface area is 145 Å². The standard InChI is InChI=1S/C17H18ClN3O3/c1-11-6-4-5-7-14(11)20-17(22)21-19-10-12-8-13(18)16(24-3)15(9-12)23-2/h4-10H,1-3H3,(H2,20,21,22)/b19-10-. The summed E-state index contributed by atoms with van der Waals surface area (Å²) >= 11 is 6.11. The quantitative estimate of drug-likeness (QED) is 0.638. The number of urea groups is 1. The van der Waals surface area contributed by atoms with E-state index in [0.29, 0.717) is 22.1 Å². The minimum absolute atomic E-state index is 0.391. The number of carbonyl (C=O) groups is 1. The summed E-state index contributed by atoms with van der Waals surface area (Å²) in [6, 6.07) is 10.4. The van der Waals surface area contributed by atoms with Gasteiger partial charge in [-0.3, -0.25) is 0 Å². The van der Waals surface area contributed by atoms with Gasteiger partial charge in [-0.25, -0.2) is 10.2 Å². The SMILES string of the molecule is COc1cc(/C=N\NC(=O)Nc2ccccc2C)cc(Cl)c1OC. The Morgan fingerprint density at radius 1 is 1.21 bits per heavy atom. The summed E-state index contributed by atoms with van der Waals surface area (Å²) in [4.78, 5) is 11.8. The highest BCUT2D eigenvalue weighted by Crippen LogP contribution is 2.35. The van der Waals surface area contributed by atoms with E-state index >= 15 is 0 Å². The van der Waals surface area contributed by atoms with Gasteiger partial charge in [0, 0.05) is 5.69 Å². The largest absolute Gasteiger partial charge is 0.493 e. The van der Waals surface area contributed by atoms with Crippen molar-refractivity contribution in [2.24, 2.45) is 5.10 Å². The molecule has 0 saturated carbocycles. The third kappa shape index (κ3) is 4.39. The van der Waals surface area contributed by atoms with Crippen molar-refractivity contribution in [3.8, 4) is 11.5 Å². The number of nitrogens with one attached hydrogen (secondary N) is 2. The first-order valence-electron chi connectivity index (χ1n) is 7.12. The Balaban J connectivity index is 2.02. The van der Waals surface area contributed by atoms with Crippen LogP contribution in [0.3, 0.4) is 0 Å². The van der Waals surface area contributed by atoms with Crippen LogP contribution in [0, 0.1) is 6.92 Å². The molecule has 2 N–H and O–H groups in total. The predicted molar refractivity (Wildman–Crippen MR) is 95.5 cm³/mol. The highest BCUT2D eigenvalue weighted by Gasteiger charge is 2.10. The fourth-order valence-electron chi connectivity index (χ4n) is 2.04. The van der Waals surface area contributed by atoms with Gasteiger partial charge in [-0.1, -0.05) is 29.8 Å². The molecule has 0 saturated heterocycles. The second-order valence-corrected chi connectivity index (χ2v) is 5.28. The van der Waals surface area contributed by atoms with Crippen LogP contribution in [-0.4, -0.2) is 26.5 Å². The Morgan fingerprint density at radius 2 is 1.96 bits per heavy atom. The number of aryl methyl sites for hydroxylation is 1. The summed E-state index contributed by atoms with van der Waals surface area (Å²) < 4.78 is 10.4. The molecule has 0 aliphatic heterocycles. The van der Waals surface area contributed by atoms with E-state index in [4.69, 9.17) is 21.1 Å². The molecule has 2 rings (SSSR count). The molecule has 0 radical (unpaired) electrons. The van der Waals surface area contributed by atoms with Crippen molar-refractivity contribution in [1.82, 2.24) is 5.43 Å². The molecule has 0 aliphatic rings. The summed E-state index contributed by atoms with van der Waals surface area (Å²) in [5.74, 6) is 0.928. The van der Waals surface area contributed by atoms with Gasteiger partial charge in [0.15, 0.2) is 11.5 Å². The van der Waals surface area contributed by atoms with E-state index in [-0.39, 0.29) is 0 Å². The number of hydrogen-bond donors (Lipinski definition) is 2. The second-order valence-electron chi connectivity index (χ2n) is 4.88. The molecule has 0 aliphatic carbocycles. The highest BCUT2D eigenvalue weighted by atomic mass is 35.5. The Morgan fingerprint density at radius 3 is 2.62 bits per heavy atom. The van der Waals surface area contributed by atoms with E-state index in [1.54, 1.807) is 12.1 Å². The number of nitrogens with zero attached hydrogens (tertiary/aromatic N) is 1. The van der Waals surface area contributed by atoms with Gasteiger partial charge in [-0.2, -0.15) is 5.10 Å². The third-order valence-corrected chi connectivity index (χ3v) is 3.51. The molecule has 7 heteroatoms. The molecule has 6 nitrogen and oxygen atoms in total. The number of para-hydroxylation sites is 1. The lowest BCUT2D eigenvalue weighted by Gasteiger charge is -2.10. The second kappa shape index (κ2) is 8.21. The smallest absolute Gasteiger partial charge is 0.339 e. The van der Waals surface area contributed by atoms with Crippen molar-refractivity contribution in [2.45, 2.75) is 6.92 Å². The van der Waals surface area contributed by atoms with Gasteiger partial charge in [-0.15, -0.1) is 0 Å². The fraction of sp³-hybridized carbons (Fsp3) is 0.176. The molecule has 2 aromatic carbocycles. The van der Waals surface area contributed by atoms with E-state index in [1.807, 2.05) is 31.2 Å². The van der Waals surface area contributed by atoms with Gasteiger partial charge in [0.1, 0.15) is 0 Å². The number of amides is 2. The number of rotatable bonds is 5. The van der Waals surface area contributed by atoms with E-state index in [0.717, 1.165) is 11.3 Å². The number of carbonyl (C=O) groups excluding carboxylic acids is 1. The van der Waals surface area contributed by atoms with Gasteiger partial charge < -0.3 is 14.8 Å². The van der Waals surface area contributed by atoms with Crippen molar-refractivity contribution in [3.63, 3.8) is 0 Å². The summed E-state index contributed by atoms with van der Waals surface area (Å²) in [5, 5.41) is 7.00. The molecular weight excluding hydrogens is 330 g/mol. The number of benzene rings is 2. The highest BCUT2D eigenvalue weighted by molar-refractivity contribution is 6.32. The van der Waals surface area contributed by atoms with Crippen LogP contribution in [0.4, 0.5) is 10.5 Å². The Kier molecular flexibility index (Phi) is 6.03. The molecule has 2 amide bonds. The fourth-order valence-corrected chi connectivity index (χ4v) is 2.34. The average molecular weight is 348 g/mol. The third-order valence-electron chi connectivity index (χ3n) is 3.23. The number of halogens is 1. The van der Waals surface area contributed by atoms with Crippen molar-refractivity contribution in [2.75, 3.05) is 19.5 Å². The summed E-state index contributed by atoms with van der Waals surface area (Å²) in [7, 11) is 3.03. The molecule has 0 spiro atoms. The maximum absolute atomic E-state index is 11.8. The first-order chi connectivity index (χ1) is 11.5. The lowest BCUT2D eigenvalue weighted by atomic mass is 10.2. The molecule has 0 aromatic heterocycles. The average Bonchev–Trinajstić information content (AvgIpc) is 2.56. The van der Waals surface area contributed by atoms with Gasteiger partial charge in [-0.05, 0) is 36.2 Å². The van der Waals surface area contributed by atoms with Crippen LogP contribution in [0.5, 0.6) is 11.5 Å². The van der Waals surface area contributed by atoms with Crippen LogP contribution in [-0.2, 0) is 0 Å². The maximum atomic E-state index is 11.8. The van der Waals surface area contributed by atoms with Crippen LogP contribution in [0.2, 0.25) is 5.02 Å². The predicted octanol–water partition coefficient (Wildman–Crippen LogP) is 3.82. The number of anilines is 1. The Bertz CT molecular complexity index is 763. The van der Waals surface area contributed by atoms with Crippen LogP contribution < -0.4 is 20.2 Å². The molecular formula is C17H18ClN3O3. The van der Waals surface area contributed by atoms with E-state index < -0.39 is 6.03 Å². The number of ether oxygens (including phenoxy) is 2. The van der Waals surface area contributed by atoms with Gasteiger partial charge in [0.05, 0.1) is 25.5 Å². The minimum atomic E-state index is -0.438. The van der Waals surface area contributed by atoms with Crippen molar-refractivity contribution < 1.29 is 14.3 Å². The monoisotopic (exact) mass is 347 g/mol. The van der Waals surface area contributed by atoms with Crippen molar-refractivity contribution in [3.05, 3.63) is 52.5 Å². The molecule has 0 fully saturated rings. The van der Waals surface area contributed by atoms with E-state index in [1.165, 1.54) is 20.4 Å². The van der Waals surface area contributed by atoms with Gasteiger partial charge >= 0.3 is 6.03 Å². The molecule has 24 heavy (non-hydrogen) atoms. The molecule has 0 unspecified atom stereocenters. The van der Waals surface area contributed by atoms with Crippen LogP contribution in [0.15, 0.2) is 41.5 Å². The maximum Gasteiger partial charge on any atom is 0.339 e. The zero-order valence-electron chi connectivity index (χ0n) is 13.6. The topological polar surface area (TPSA) is 72.0 Å². The Hall–Kier alpha value is -2.73. The van der Waals surface area contributed by atoms with Crippen LogP contribution in [0.1, 0.15) is 11.1 Å². The van der Waals surface area contributed by atoms with Crippen molar-refractivity contribution in [1.29, 1.82) is 0 Å². The normalized spacial score (nSPS) is 10.5. The van der Waals surface area contributed by atoms with Gasteiger partial charge in [0.2, 0.25) is 0 Å². The number of methoxy groups -OCH3 is 2. The van der Waals surface area contributed by atoms with Gasteiger partial charge in [0.25, 0.3) is 0 Å². The van der Waals surface area contributed by atoms with Crippen LogP contribution >= 0.6 is 11.6 Å². The van der Waals surface area contributed by atoms with Crippen LogP contribution in [0.25, 0.3) is 0 Å². The van der Waals surface area contributed by atoms with E-state index in [9.17, 15) is 4.79 Å². The summed E-state index contributed by atoms with van der Waals surface area (Å²) in [5.41, 5.74) is 4.74. The number of hydrogen-bond acceptors (Lipinski definition) is 4. The first kappa shape index (κ1) is 17.6. The zero-order valence-corrected chi connectivity index (χ0v) is 14.3. The molecule has 0 bridgehead atoms. The molecule has 2 aromatic rings. The molecule has 0 atom stereocenters. The lowest BCUT2D eigenvalue weighted by molar-refractivity contribution is 0.252. The molecule has 0 heterocycles. The zero-order chi connectivity index (χ0) is 17.5. The lowest BCUT2D eigenvalue weighted by Crippen LogP contribution is -2.24. The number of hydrazone groups is 1. The molecule has 126 valence electrons. The van der Waals surface area contributed by atoms with E-state index in [2.05, 4.69) is 15.8 Å². The first-order valence-corrected chi connectivity index (χ1v) is 7.50. The van der Waals surface area contributed by atoms with Crippen molar-refractivity contribution >= 4 is 29.5 Å².